The summed E-state index contributed by atoms with van der Waals surface area (Å²) in [6, 6.07) is 10.7. The van der Waals surface area contributed by atoms with Gasteiger partial charge in [-0.3, -0.25) is 4.90 Å². The Bertz CT molecular complexity index is 1540. The number of hydrogen-bond donors (Lipinski definition) is 2. The second-order valence-electron chi connectivity index (χ2n) is 13.7. The van der Waals surface area contributed by atoms with Gasteiger partial charge in [-0.15, -0.1) is 0 Å². The number of fused-ring (bicyclic) bond motifs is 5. The minimum absolute atomic E-state index is 0.0569. The topological polar surface area (TPSA) is 64.8 Å². The summed E-state index contributed by atoms with van der Waals surface area (Å²) in [5, 5.41) is 25.7. The molecule has 1 spiro atoms. The van der Waals surface area contributed by atoms with E-state index in [0.29, 0.717) is 12.5 Å². The average Bonchev–Trinajstić information content (AvgIpc) is 3.49. The number of piperidine rings is 1. The molecule has 1 unspecified atom stereocenters. The molecule has 8 rings (SSSR count). The Morgan fingerprint density at radius 3 is 2.67 bits per heavy atom. The molecule has 0 amide bonds. The molecule has 220 valence electrons. The van der Waals surface area contributed by atoms with Crippen LogP contribution in [0.1, 0.15) is 69.9 Å². The molecule has 1 aliphatic carbocycles. The molecule has 0 saturated carbocycles. The van der Waals surface area contributed by atoms with Gasteiger partial charge in [0.1, 0.15) is 5.69 Å². The monoisotopic (exact) mass is 564 g/mol. The van der Waals surface area contributed by atoms with Crippen molar-refractivity contribution < 1.29 is 10.3 Å². The average molecular weight is 565 g/mol. The van der Waals surface area contributed by atoms with Gasteiger partial charge in [0.2, 0.25) is 0 Å². The maximum Gasteiger partial charge on any atom is 0.109 e. The van der Waals surface area contributed by atoms with Gasteiger partial charge in [0, 0.05) is 35.1 Å². The number of benzene rings is 1. The van der Waals surface area contributed by atoms with E-state index in [9.17, 15) is 10.3 Å². The molecule has 6 heteroatoms. The molecular formula is C36H44N4O2. The highest BCUT2D eigenvalue weighted by atomic mass is 16.5. The number of aliphatic hydroxyl groups is 1. The predicted molar refractivity (Wildman–Crippen MR) is 168 cm³/mol. The van der Waals surface area contributed by atoms with E-state index < -0.39 is 5.60 Å². The molecular weight excluding hydrogens is 520 g/mol. The Balaban J connectivity index is 1.35. The van der Waals surface area contributed by atoms with Crippen LogP contribution >= 0.6 is 0 Å². The molecule has 1 aromatic rings. The standard InChI is InChI=1S/C36H44N4O2/c41-36-18-10-4-1-2-5-11-19-38-21-17-30(35(25-38)23-26-13-7-3-6-12-20-39(26)34(35)36)29(24-36)33-32-28(16-22-40(33)42)27-14-8-9-15-31(27)37-32/h1,4,7-9,13-16,22,24,26,30,34,41-42H,2-3,5-6,10-12,17-21,23,25H2/b4-1-,13-7-/t26-,30-,34+,35-,36-/m0/s1. The smallest absolute Gasteiger partial charge is 0.109 e. The first-order chi connectivity index (χ1) is 20.6. The molecule has 0 radical (unpaired) electrons. The van der Waals surface area contributed by atoms with Gasteiger partial charge in [0.15, 0.2) is 0 Å². The van der Waals surface area contributed by atoms with Crippen LogP contribution in [0, 0.1) is 11.3 Å². The lowest BCUT2D eigenvalue weighted by Gasteiger charge is -2.58. The summed E-state index contributed by atoms with van der Waals surface area (Å²) >= 11 is 0. The largest absolute Gasteiger partial charge is 0.428 e. The van der Waals surface area contributed by atoms with E-state index in [1.807, 2.05) is 12.1 Å². The van der Waals surface area contributed by atoms with Crippen LogP contribution in [0.4, 0.5) is 0 Å². The van der Waals surface area contributed by atoms with Crippen molar-refractivity contribution in [3.63, 3.8) is 0 Å². The minimum Gasteiger partial charge on any atom is -0.428 e. The summed E-state index contributed by atoms with van der Waals surface area (Å²) in [7, 11) is 0. The lowest BCUT2D eigenvalue weighted by atomic mass is 9.54. The Morgan fingerprint density at radius 2 is 1.74 bits per heavy atom. The van der Waals surface area contributed by atoms with E-state index >= 15 is 0 Å². The van der Waals surface area contributed by atoms with Crippen LogP contribution < -0.4 is 0 Å². The zero-order valence-electron chi connectivity index (χ0n) is 24.7. The number of pyridine rings is 1. The Hall–Kier alpha value is -2.93. The number of hydrogen-bond acceptors (Lipinski definition) is 5. The van der Waals surface area contributed by atoms with Crippen LogP contribution in [0.25, 0.3) is 27.7 Å². The number of allylic oxidation sites excluding steroid dienone is 4. The fourth-order valence-electron chi connectivity index (χ4n) is 9.65. The summed E-state index contributed by atoms with van der Waals surface area (Å²) in [4.78, 5) is 10.5. The van der Waals surface area contributed by atoms with E-state index in [4.69, 9.17) is 4.98 Å². The maximum absolute atomic E-state index is 13.1. The maximum atomic E-state index is 13.1. The highest BCUT2D eigenvalue weighted by molar-refractivity contribution is 6.00. The van der Waals surface area contributed by atoms with Gasteiger partial charge in [-0.25, -0.2) is 4.98 Å². The van der Waals surface area contributed by atoms with E-state index in [1.54, 1.807) is 6.20 Å². The van der Waals surface area contributed by atoms with Crippen molar-refractivity contribution in [1.82, 2.24) is 19.5 Å². The molecule has 6 aliphatic heterocycles. The Morgan fingerprint density at radius 1 is 0.905 bits per heavy atom. The summed E-state index contributed by atoms with van der Waals surface area (Å²) in [6.07, 6.45) is 24.2. The normalized spacial score (nSPS) is 37.0. The molecule has 2 fully saturated rings. The fraction of sp³-hybridized carbons (Fsp3) is 0.528. The van der Waals surface area contributed by atoms with Crippen LogP contribution in [-0.4, -0.2) is 73.7 Å². The molecule has 6 heterocycles. The van der Waals surface area contributed by atoms with Crippen molar-refractivity contribution in [2.24, 2.45) is 11.3 Å². The Kier molecular flexibility index (Phi) is 6.58. The third-order valence-corrected chi connectivity index (χ3v) is 11.3. The quantitative estimate of drug-likeness (QED) is 0.260. The fourth-order valence-corrected chi connectivity index (χ4v) is 9.65. The van der Waals surface area contributed by atoms with E-state index in [2.05, 4.69) is 58.4 Å². The molecule has 2 N–H and O–H groups in total. The second kappa shape index (κ2) is 10.4. The molecule has 1 aromatic carbocycles. The predicted octanol–water partition coefficient (Wildman–Crippen LogP) is 6.52. The van der Waals surface area contributed by atoms with Gasteiger partial charge in [0.25, 0.3) is 0 Å². The van der Waals surface area contributed by atoms with Crippen LogP contribution in [0.5, 0.6) is 0 Å². The van der Waals surface area contributed by atoms with Gasteiger partial charge >= 0.3 is 0 Å². The minimum atomic E-state index is -1.00. The van der Waals surface area contributed by atoms with Gasteiger partial charge < -0.3 is 15.2 Å². The SMILES string of the molecule is On1ccc2c3ccccc3nc-2c1C1=C[C@@]2(O)CC/C=C\CCCCN3CC[C@@H]1[C@]1(C[C@@H]4/C=C\CCCCN4[C@H]12)C3. The van der Waals surface area contributed by atoms with E-state index in [-0.39, 0.29) is 17.4 Å². The third-order valence-electron chi connectivity index (χ3n) is 11.3. The van der Waals surface area contributed by atoms with E-state index in [1.165, 1.54) is 30.4 Å². The van der Waals surface area contributed by atoms with Gasteiger partial charge in [-0.2, -0.15) is 4.73 Å². The molecule has 0 aromatic heterocycles. The molecule has 42 heavy (non-hydrogen) atoms. The third kappa shape index (κ3) is 4.13. The van der Waals surface area contributed by atoms with Gasteiger partial charge in [-0.1, -0.05) is 42.5 Å². The zero-order chi connectivity index (χ0) is 28.3. The zero-order valence-corrected chi connectivity index (χ0v) is 24.7. The van der Waals surface area contributed by atoms with E-state index in [0.717, 1.165) is 91.7 Å². The summed E-state index contributed by atoms with van der Waals surface area (Å²) < 4.78 is 1.30. The van der Waals surface area contributed by atoms with Crippen molar-refractivity contribution in [2.45, 2.75) is 81.9 Å². The lowest BCUT2D eigenvalue weighted by molar-refractivity contribution is -0.0897. The Labute approximate surface area is 249 Å². The molecule has 2 saturated heterocycles. The highest BCUT2D eigenvalue weighted by Crippen LogP contribution is 2.62. The van der Waals surface area contributed by atoms with Crippen LogP contribution in [0.2, 0.25) is 0 Å². The molecule has 3 bridgehead atoms. The highest BCUT2D eigenvalue weighted by Gasteiger charge is 2.65. The molecule has 6 nitrogen and oxygen atoms in total. The summed E-state index contributed by atoms with van der Waals surface area (Å²) in [6.45, 7) is 4.23. The van der Waals surface area contributed by atoms with Crippen molar-refractivity contribution in [3.05, 3.63) is 72.6 Å². The van der Waals surface area contributed by atoms with Crippen molar-refractivity contribution >= 4 is 16.5 Å². The molecule has 7 aliphatic rings. The van der Waals surface area contributed by atoms with Crippen LogP contribution in [0.3, 0.4) is 0 Å². The van der Waals surface area contributed by atoms with Crippen LogP contribution in [-0.2, 0) is 0 Å². The second-order valence-corrected chi connectivity index (χ2v) is 13.7. The number of rotatable bonds is 1. The number of aromatic nitrogens is 2. The molecule has 6 atom stereocenters. The van der Waals surface area contributed by atoms with Crippen molar-refractivity contribution in [3.8, 4) is 11.3 Å². The van der Waals surface area contributed by atoms with Crippen molar-refractivity contribution in [2.75, 3.05) is 26.2 Å². The first kappa shape index (κ1) is 26.7. The number of para-hydroxylation sites is 1. The lowest BCUT2D eigenvalue weighted by Crippen LogP contribution is -2.65. The first-order valence-electron chi connectivity index (χ1n) is 16.4. The van der Waals surface area contributed by atoms with Gasteiger partial charge in [-0.05, 0) is 114 Å². The van der Waals surface area contributed by atoms with Crippen LogP contribution in [0.15, 0.2) is 66.9 Å². The summed E-state index contributed by atoms with van der Waals surface area (Å²) in [5.74, 6) is 0.241. The number of nitrogens with zero attached hydrogens (tertiary/aromatic N) is 4. The summed E-state index contributed by atoms with van der Waals surface area (Å²) in [5.41, 5.74) is 3.63. The first-order valence-corrected chi connectivity index (χ1v) is 16.4. The van der Waals surface area contributed by atoms with Gasteiger partial charge in [0.05, 0.1) is 22.9 Å². The van der Waals surface area contributed by atoms with Crippen molar-refractivity contribution in [1.29, 1.82) is 0 Å².